The average Bonchev–Trinajstić information content (AvgIpc) is 2.88. The number of thioether (sulfide) groups is 1. The highest BCUT2D eigenvalue weighted by Crippen LogP contribution is 2.24. The van der Waals surface area contributed by atoms with E-state index in [0.717, 1.165) is 5.56 Å². The Bertz CT molecular complexity index is 742. The summed E-state index contributed by atoms with van der Waals surface area (Å²) in [6, 6.07) is 16.2. The molecule has 3 aromatic rings. The van der Waals surface area contributed by atoms with Crippen molar-refractivity contribution < 1.29 is 4.39 Å². The number of aromatic nitrogens is 3. The molecule has 0 aliphatic rings. The standard InChI is InChI=1S/C15H13FN4S/c16-13-9-5-4-8-12(13)10-21-15-19-18-14(20(15)17)11-6-2-1-3-7-11/h1-9H,10,17H2. The second kappa shape index (κ2) is 5.97. The third-order valence-electron chi connectivity index (χ3n) is 3.01. The van der Waals surface area contributed by atoms with Gasteiger partial charge in [-0.2, -0.15) is 0 Å². The normalized spacial score (nSPS) is 10.7. The zero-order chi connectivity index (χ0) is 14.7. The number of hydrogen-bond acceptors (Lipinski definition) is 4. The average molecular weight is 300 g/mol. The molecule has 0 aliphatic carbocycles. The zero-order valence-corrected chi connectivity index (χ0v) is 11.9. The van der Waals surface area contributed by atoms with E-state index >= 15 is 0 Å². The van der Waals surface area contributed by atoms with Crippen LogP contribution in [0.2, 0.25) is 0 Å². The minimum absolute atomic E-state index is 0.226. The Hall–Kier alpha value is -2.34. The number of halogens is 1. The van der Waals surface area contributed by atoms with E-state index < -0.39 is 0 Å². The SMILES string of the molecule is Nn1c(SCc2ccccc2F)nnc1-c1ccccc1. The summed E-state index contributed by atoms with van der Waals surface area (Å²) in [6.45, 7) is 0. The Morgan fingerprint density at radius 1 is 1.00 bits per heavy atom. The van der Waals surface area contributed by atoms with Gasteiger partial charge in [-0.15, -0.1) is 10.2 Å². The molecular formula is C15H13FN4S. The van der Waals surface area contributed by atoms with E-state index in [-0.39, 0.29) is 5.82 Å². The van der Waals surface area contributed by atoms with Crippen molar-refractivity contribution in [3.8, 4) is 11.4 Å². The molecule has 0 saturated carbocycles. The highest BCUT2D eigenvalue weighted by atomic mass is 32.2. The van der Waals surface area contributed by atoms with Gasteiger partial charge < -0.3 is 5.84 Å². The Balaban J connectivity index is 1.79. The molecule has 0 aliphatic heterocycles. The van der Waals surface area contributed by atoms with Gasteiger partial charge in [-0.1, -0.05) is 60.3 Å². The predicted octanol–water partition coefficient (Wildman–Crippen LogP) is 3.09. The quantitative estimate of drug-likeness (QED) is 0.594. The maximum Gasteiger partial charge on any atom is 0.210 e. The molecule has 3 rings (SSSR count). The van der Waals surface area contributed by atoms with Gasteiger partial charge in [0.05, 0.1) is 0 Å². The van der Waals surface area contributed by atoms with Crippen LogP contribution >= 0.6 is 11.8 Å². The first-order chi connectivity index (χ1) is 10.3. The second-order valence-electron chi connectivity index (χ2n) is 4.42. The van der Waals surface area contributed by atoms with Crippen LogP contribution in [0.5, 0.6) is 0 Å². The summed E-state index contributed by atoms with van der Waals surface area (Å²) >= 11 is 1.35. The van der Waals surface area contributed by atoms with Gasteiger partial charge in [0.1, 0.15) is 5.82 Å². The molecule has 0 atom stereocenters. The number of nitrogen functional groups attached to an aromatic ring is 1. The van der Waals surface area contributed by atoms with Crippen molar-refractivity contribution in [3.63, 3.8) is 0 Å². The van der Waals surface area contributed by atoms with Crippen LogP contribution in [0.3, 0.4) is 0 Å². The molecule has 0 fully saturated rings. The summed E-state index contributed by atoms with van der Waals surface area (Å²) in [7, 11) is 0. The second-order valence-corrected chi connectivity index (χ2v) is 5.36. The number of nitrogens with zero attached hydrogens (tertiary/aromatic N) is 3. The fourth-order valence-corrected chi connectivity index (χ4v) is 2.76. The van der Waals surface area contributed by atoms with Crippen LogP contribution in [0.1, 0.15) is 5.56 Å². The van der Waals surface area contributed by atoms with E-state index in [1.165, 1.54) is 22.5 Å². The van der Waals surface area contributed by atoms with E-state index in [9.17, 15) is 4.39 Å². The Morgan fingerprint density at radius 3 is 2.48 bits per heavy atom. The molecule has 1 aromatic heterocycles. The fourth-order valence-electron chi connectivity index (χ4n) is 1.92. The molecule has 0 unspecified atom stereocenters. The topological polar surface area (TPSA) is 56.7 Å². The largest absolute Gasteiger partial charge is 0.335 e. The van der Waals surface area contributed by atoms with Crippen LogP contribution in [0.4, 0.5) is 4.39 Å². The molecule has 0 saturated heterocycles. The lowest BCUT2D eigenvalue weighted by molar-refractivity contribution is 0.617. The minimum atomic E-state index is -0.226. The summed E-state index contributed by atoms with van der Waals surface area (Å²) in [5.41, 5.74) is 1.51. The summed E-state index contributed by atoms with van der Waals surface area (Å²) in [5, 5.41) is 8.71. The highest BCUT2D eigenvalue weighted by molar-refractivity contribution is 7.98. The molecule has 0 spiro atoms. The van der Waals surface area contributed by atoms with Gasteiger partial charge in [0, 0.05) is 11.3 Å². The van der Waals surface area contributed by atoms with Crippen molar-refractivity contribution >= 4 is 11.8 Å². The molecule has 1 heterocycles. The lowest BCUT2D eigenvalue weighted by Gasteiger charge is -2.04. The Morgan fingerprint density at radius 2 is 1.71 bits per heavy atom. The molecule has 21 heavy (non-hydrogen) atoms. The van der Waals surface area contributed by atoms with Crippen molar-refractivity contribution in [1.29, 1.82) is 0 Å². The van der Waals surface area contributed by atoms with Crippen LogP contribution in [0, 0.1) is 5.82 Å². The highest BCUT2D eigenvalue weighted by Gasteiger charge is 2.12. The maximum atomic E-state index is 13.6. The first kappa shape index (κ1) is 13.6. The van der Waals surface area contributed by atoms with E-state index in [0.29, 0.717) is 22.3 Å². The maximum absolute atomic E-state index is 13.6. The van der Waals surface area contributed by atoms with Crippen LogP contribution in [-0.2, 0) is 5.75 Å². The van der Waals surface area contributed by atoms with Gasteiger partial charge >= 0.3 is 0 Å². The minimum Gasteiger partial charge on any atom is -0.335 e. The number of benzene rings is 2. The smallest absolute Gasteiger partial charge is 0.210 e. The summed E-state index contributed by atoms with van der Waals surface area (Å²) in [6.07, 6.45) is 0. The van der Waals surface area contributed by atoms with Crippen LogP contribution in [0.25, 0.3) is 11.4 Å². The fraction of sp³-hybridized carbons (Fsp3) is 0.0667. The van der Waals surface area contributed by atoms with Crippen molar-refractivity contribution in [2.75, 3.05) is 5.84 Å². The van der Waals surface area contributed by atoms with Gasteiger partial charge in [0.2, 0.25) is 5.16 Å². The monoisotopic (exact) mass is 300 g/mol. The van der Waals surface area contributed by atoms with Gasteiger partial charge in [0.25, 0.3) is 0 Å². The third-order valence-corrected chi connectivity index (χ3v) is 4.00. The van der Waals surface area contributed by atoms with Crippen molar-refractivity contribution in [1.82, 2.24) is 14.9 Å². The summed E-state index contributed by atoms with van der Waals surface area (Å²) in [4.78, 5) is 0. The molecular weight excluding hydrogens is 287 g/mol. The molecule has 6 heteroatoms. The zero-order valence-electron chi connectivity index (χ0n) is 11.1. The summed E-state index contributed by atoms with van der Waals surface area (Å²) < 4.78 is 15.0. The van der Waals surface area contributed by atoms with Gasteiger partial charge in [-0.05, 0) is 11.6 Å². The van der Waals surface area contributed by atoms with Crippen LogP contribution in [-0.4, -0.2) is 14.9 Å². The van der Waals surface area contributed by atoms with Gasteiger partial charge in [-0.3, -0.25) is 0 Å². The van der Waals surface area contributed by atoms with Crippen molar-refractivity contribution in [2.24, 2.45) is 0 Å². The molecule has 0 bridgehead atoms. The molecule has 2 N–H and O–H groups in total. The van der Waals surface area contributed by atoms with E-state index in [1.807, 2.05) is 36.4 Å². The molecule has 0 amide bonds. The molecule has 4 nitrogen and oxygen atoms in total. The van der Waals surface area contributed by atoms with E-state index in [2.05, 4.69) is 10.2 Å². The predicted molar refractivity (Wildman–Crippen MR) is 81.6 cm³/mol. The van der Waals surface area contributed by atoms with Crippen LogP contribution < -0.4 is 5.84 Å². The molecule has 0 radical (unpaired) electrons. The van der Waals surface area contributed by atoms with Crippen molar-refractivity contribution in [3.05, 3.63) is 66.0 Å². The summed E-state index contributed by atoms with van der Waals surface area (Å²) in [5.74, 6) is 6.83. The number of nitrogens with two attached hydrogens (primary N) is 1. The number of hydrogen-bond donors (Lipinski definition) is 1. The van der Waals surface area contributed by atoms with E-state index in [1.54, 1.807) is 12.1 Å². The van der Waals surface area contributed by atoms with Crippen LogP contribution in [0.15, 0.2) is 59.8 Å². The Kier molecular flexibility index (Phi) is 3.87. The van der Waals surface area contributed by atoms with Gasteiger partial charge in [-0.25, -0.2) is 9.07 Å². The van der Waals surface area contributed by atoms with E-state index in [4.69, 9.17) is 5.84 Å². The molecule has 2 aromatic carbocycles. The lowest BCUT2D eigenvalue weighted by Crippen LogP contribution is -2.11. The lowest BCUT2D eigenvalue weighted by atomic mass is 10.2. The number of rotatable bonds is 4. The van der Waals surface area contributed by atoms with Crippen molar-refractivity contribution in [2.45, 2.75) is 10.9 Å². The first-order valence-corrected chi connectivity index (χ1v) is 7.36. The Labute approximate surface area is 125 Å². The first-order valence-electron chi connectivity index (χ1n) is 6.38. The third kappa shape index (κ3) is 2.90. The van der Waals surface area contributed by atoms with Gasteiger partial charge in [0.15, 0.2) is 5.82 Å². The molecule has 106 valence electrons.